The van der Waals surface area contributed by atoms with E-state index in [2.05, 4.69) is 120 Å². The minimum absolute atomic E-state index is 0.171. The molecule has 1 unspecified atom stereocenters. The molecule has 0 fully saturated rings. The first-order chi connectivity index (χ1) is 16.6. The fourth-order valence-corrected chi connectivity index (χ4v) is 4.66. The number of hydrogen-bond acceptors (Lipinski definition) is 1. The lowest BCUT2D eigenvalue weighted by atomic mass is 9.82. The second kappa shape index (κ2) is 11.8. The van der Waals surface area contributed by atoms with Crippen LogP contribution in [0.15, 0.2) is 83.4 Å². The molecule has 1 aliphatic carbocycles. The van der Waals surface area contributed by atoms with E-state index in [9.17, 15) is 0 Å². The van der Waals surface area contributed by atoms with Crippen LogP contribution >= 0.6 is 0 Å². The van der Waals surface area contributed by atoms with Gasteiger partial charge in [-0.3, -0.25) is 4.99 Å². The van der Waals surface area contributed by atoms with Gasteiger partial charge in [0, 0.05) is 12.8 Å². The molecule has 1 aliphatic rings. The molecule has 0 amide bonds. The lowest BCUT2D eigenvalue weighted by Gasteiger charge is -2.23. The summed E-state index contributed by atoms with van der Waals surface area (Å²) in [4.78, 5) is 4.69. The molecule has 1 atom stereocenters. The monoisotopic (exact) mass is 467 g/mol. The summed E-state index contributed by atoms with van der Waals surface area (Å²) in [5, 5.41) is 0. The average molecular weight is 468 g/mol. The highest BCUT2D eigenvalue weighted by atomic mass is 14.7. The summed E-state index contributed by atoms with van der Waals surface area (Å²) in [7, 11) is 1.93. The molecule has 186 valence electrons. The first-order valence-electron chi connectivity index (χ1n) is 13.2. The minimum Gasteiger partial charge on any atom is -0.293 e. The van der Waals surface area contributed by atoms with E-state index in [-0.39, 0.29) is 10.8 Å². The lowest BCUT2D eigenvalue weighted by molar-refractivity contribution is 0.589. The summed E-state index contributed by atoms with van der Waals surface area (Å²) in [5.74, 6) is 0.431. The number of hydrogen-bond donors (Lipinski definition) is 0. The third kappa shape index (κ3) is 8.20. The Morgan fingerprint density at radius 3 is 2.03 bits per heavy atom. The van der Waals surface area contributed by atoms with Gasteiger partial charge in [-0.15, -0.1) is 0 Å². The van der Waals surface area contributed by atoms with Crippen molar-refractivity contribution in [2.45, 2.75) is 90.4 Å². The summed E-state index contributed by atoms with van der Waals surface area (Å²) >= 11 is 0. The van der Waals surface area contributed by atoms with E-state index in [0.29, 0.717) is 5.92 Å². The van der Waals surface area contributed by atoms with Gasteiger partial charge in [-0.25, -0.2) is 0 Å². The van der Waals surface area contributed by atoms with Crippen LogP contribution in [-0.4, -0.2) is 12.8 Å². The Bertz CT molecular complexity index is 1060. The normalized spacial score (nSPS) is 16.3. The van der Waals surface area contributed by atoms with Crippen LogP contribution in [0.4, 0.5) is 0 Å². The van der Waals surface area contributed by atoms with Crippen molar-refractivity contribution in [3.05, 3.63) is 101 Å². The van der Waals surface area contributed by atoms with Crippen molar-refractivity contribution in [3.63, 3.8) is 0 Å². The van der Waals surface area contributed by atoms with Crippen molar-refractivity contribution in [1.82, 2.24) is 0 Å². The van der Waals surface area contributed by atoms with Crippen molar-refractivity contribution in [3.8, 4) is 0 Å². The van der Waals surface area contributed by atoms with Gasteiger partial charge in [0.25, 0.3) is 0 Å². The van der Waals surface area contributed by atoms with Crippen LogP contribution in [-0.2, 0) is 10.8 Å². The van der Waals surface area contributed by atoms with E-state index in [1.165, 1.54) is 28.7 Å². The Morgan fingerprint density at radius 2 is 1.46 bits per heavy atom. The molecular weight excluding hydrogens is 422 g/mol. The predicted octanol–water partition coefficient (Wildman–Crippen LogP) is 9.60. The van der Waals surface area contributed by atoms with Crippen LogP contribution in [0.5, 0.6) is 0 Å². The highest BCUT2D eigenvalue weighted by molar-refractivity contribution is 5.98. The van der Waals surface area contributed by atoms with Crippen LogP contribution in [0, 0.1) is 0 Å². The summed E-state index contributed by atoms with van der Waals surface area (Å²) < 4.78 is 0. The molecule has 3 rings (SSSR count). The van der Waals surface area contributed by atoms with Crippen LogP contribution in [0.1, 0.15) is 102 Å². The molecule has 0 N–H and O–H groups in total. The van der Waals surface area contributed by atoms with E-state index < -0.39 is 0 Å². The Balaban J connectivity index is 1.80. The van der Waals surface area contributed by atoms with Gasteiger partial charge in [-0.2, -0.15) is 0 Å². The molecule has 1 heteroatoms. The van der Waals surface area contributed by atoms with E-state index in [1.807, 2.05) is 7.05 Å². The third-order valence-corrected chi connectivity index (χ3v) is 7.09. The van der Waals surface area contributed by atoms with Crippen molar-refractivity contribution >= 4 is 11.8 Å². The smallest absolute Gasteiger partial charge is 0.0351 e. The lowest BCUT2D eigenvalue weighted by Crippen LogP contribution is -2.12. The number of rotatable bonds is 7. The Labute approximate surface area is 214 Å². The van der Waals surface area contributed by atoms with Gasteiger partial charge in [0.1, 0.15) is 0 Å². The molecule has 2 aromatic carbocycles. The molecule has 0 heterocycles. The maximum absolute atomic E-state index is 4.69. The van der Waals surface area contributed by atoms with Crippen molar-refractivity contribution in [1.29, 1.82) is 0 Å². The zero-order valence-electron chi connectivity index (χ0n) is 23.1. The molecule has 0 aromatic heterocycles. The largest absolute Gasteiger partial charge is 0.293 e. The van der Waals surface area contributed by atoms with Gasteiger partial charge in [0.05, 0.1) is 0 Å². The predicted molar refractivity (Wildman–Crippen MR) is 156 cm³/mol. The van der Waals surface area contributed by atoms with E-state index in [1.54, 1.807) is 5.57 Å². The van der Waals surface area contributed by atoms with Gasteiger partial charge in [-0.1, -0.05) is 120 Å². The van der Waals surface area contributed by atoms with E-state index in [4.69, 9.17) is 4.99 Å². The van der Waals surface area contributed by atoms with Gasteiger partial charge in [0.2, 0.25) is 0 Å². The summed E-state index contributed by atoms with van der Waals surface area (Å²) in [5.41, 5.74) is 8.48. The maximum Gasteiger partial charge on any atom is 0.0351 e. The summed E-state index contributed by atoms with van der Waals surface area (Å²) in [6.45, 7) is 13.6. The quantitative estimate of drug-likeness (QED) is 0.284. The Hall–Kier alpha value is -2.67. The topological polar surface area (TPSA) is 12.4 Å². The maximum atomic E-state index is 4.69. The second-order valence-electron chi connectivity index (χ2n) is 12.0. The molecule has 35 heavy (non-hydrogen) atoms. The average Bonchev–Trinajstić information content (AvgIpc) is 3.09. The molecule has 0 spiro atoms. The molecule has 2 aromatic rings. The Morgan fingerprint density at radius 1 is 0.857 bits per heavy atom. The number of nitrogens with zero attached hydrogens (tertiary/aromatic N) is 1. The fraction of sp³-hybridized carbons (Fsp3) is 0.441. The van der Waals surface area contributed by atoms with Crippen molar-refractivity contribution in [2.24, 2.45) is 4.99 Å². The van der Waals surface area contributed by atoms with Gasteiger partial charge in [0.15, 0.2) is 0 Å². The molecule has 0 bridgehead atoms. The molecule has 0 aliphatic heterocycles. The highest BCUT2D eigenvalue weighted by Crippen LogP contribution is 2.33. The SMILES string of the molecule is C/N=C(/C=C\c1ccc(C(C)(C)C)cc1)CC(CC1=CCC=CCC1)c1ccc(C(C)(C)C)cc1. The van der Waals surface area contributed by atoms with Gasteiger partial charge < -0.3 is 0 Å². The highest BCUT2D eigenvalue weighted by Gasteiger charge is 2.19. The fourth-order valence-electron chi connectivity index (χ4n) is 4.66. The molecule has 0 saturated carbocycles. The van der Waals surface area contributed by atoms with Crippen LogP contribution in [0.2, 0.25) is 0 Å². The molecule has 1 nitrogen and oxygen atoms in total. The molecule has 0 saturated heterocycles. The first-order valence-corrected chi connectivity index (χ1v) is 13.2. The number of allylic oxidation sites excluding steroid dienone is 5. The van der Waals surface area contributed by atoms with E-state index >= 15 is 0 Å². The van der Waals surface area contributed by atoms with Crippen LogP contribution in [0.3, 0.4) is 0 Å². The zero-order valence-corrected chi connectivity index (χ0v) is 23.1. The van der Waals surface area contributed by atoms with Crippen LogP contribution < -0.4 is 0 Å². The standard InChI is InChI=1S/C34H45N/c1-33(2,3)30-19-14-26(15-20-30)16-23-32(35-7)25-29(24-27-12-10-8-9-11-13-27)28-17-21-31(22-18-28)34(4,5)6/h8-9,12,14-23,29H,10-11,13,24-25H2,1-7H3/b23-16-,35-32-. The van der Waals surface area contributed by atoms with Gasteiger partial charge >= 0.3 is 0 Å². The van der Waals surface area contributed by atoms with Gasteiger partial charge in [-0.05, 0) is 77.2 Å². The summed E-state index contributed by atoms with van der Waals surface area (Å²) in [6.07, 6.45) is 16.9. The number of aliphatic imine (C=N–C) groups is 1. The van der Waals surface area contributed by atoms with Crippen molar-refractivity contribution < 1.29 is 0 Å². The molecular formula is C34H45N. The van der Waals surface area contributed by atoms with Crippen LogP contribution in [0.25, 0.3) is 6.08 Å². The summed E-state index contributed by atoms with van der Waals surface area (Å²) in [6, 6.07) is 18.3. The van der Waals surface area contributed by atoms with E-state index in [0.717, 1.165) is 31.4 Å². The number of benzene rings is 2. The van der Waals surface area contributed by atoms with Crippen molar-refractivity contribution in [2.75, 3.05) is 7.05 Å². The first kappa shape index (κ1) is 26.9. The minimum atomic E-state index is 0.171. The zero-order chi connectivity index (χ0) is 25.5. The molecule has 0 radical (unpaired) electrons. The second-order valence-corrected chi connectivity index (χ2v) is 12.0. The Kier molecular flexibility index (Phi) is 9.11. The third-order valence-electron chi connectivity index (χ3n) is 7.09.